The van der Waals surface area contributed by atoms with E-state index in [1.807, 2.05) is 0 Å². The van der Waals surface area contributed by atoms with Crippen molar-refractivity contribution in [3.8, 4) is 0 Å². The van der Waals surface area contributed by atoms with Gasteiger partial charge in [-0.1, -0.05) is 56.1 Å². The molecule has 3 rings (SSSR count). The molecule has 0 amide bonds. The average molecular weight is 412 g/mol. The summed E-state index contributed by atoms with van der Waals surface area (Å²) in [4.78, 5) is 37.3. The van der Waals surface area contributed by atoms with Crippen molar-refractivity contribution in [2.45, 2.75) is 10.7 Å². The van der Waals surface area contributed by atoms with Crippen LogP contribution in [0, 0.1) is 6.92 Å². The highest BCUT2D eigenvalue weighted by atomic mass is 79.9. The largest absolute Gasteiger partial charge is 0.456 e. The maximum atomic E-state index is 12.6. The van der Waals surface area contributed by atoms with Crippen molar-refractivity contribution in [2.75, 3.05) is 0 Å². The van der Waals surface area contributed by atoms with Crippen LogP contribution in [-0.2, 0) is 0 Å². The van der Waals surface area contributed by atoms with Gasteiger partial charge in [0.15, 0.2) is 17.3 Å². The first kappa shape index (κ1) is 14.4. The number of furan rings is 1. The van der Waals surface area contributed by atoms with Gasteiger partial charge in [-0.15, -0.1) is 0 Å². The first-order valence-corrected chi connectivity index (χ1v) is 7.90. The predicted molar refractivity (Wildman–Crippen MR) is 82.7 cm³/mol. The van der Waals surface area contributed by atoms with E-state index in [2.05, 4.69) is 31.9 Å². The molecule has 0 spiro atoms. The van der Waals surface area contributed by atoms with Crippen LogP contribution in [0.15, 0.2) is 28.7 Å². The molecule has 0 atom stereocenters. The summed E-state index contributed by atoms with van der Waals surface area (Å²) in [6, 6.07) is 6.52. The van der Waals surface area contributed by atoms with Crippen LogP contribution in [0.2, 0.25) is 0 Å². The molecular formula is C15H8Br2O4. The van der Waals surface area contributed by atoms with Gasteiger partial charge < -0.3 is 4.42 Å². The van der Waals surface area contributed by atoms with Crippen LogP contribution in [0.4, 0.5) is 0 Å². The standard InChI is InChI=1S/C15H8Br2O4/c1-6-9(13(20)15(16)17)10-11(18)7-4-2-3-5-8(7)12(19)14(10)21-6/h2-5,15H,1H3. The first-order valence-electron chi connectivity index (χ1n) is 6.07. The maximum absolute atomic E-state index is 12.6. The van der Waals surface area contributed by atoms with Crippen molar-refractivity contribution in [3.63, 3.8) is 0 Å². The lowest BCUT2D eigenvalue weighted by Crippen LogP contribution is -2.22. The molecule has 1 aliphatic carbocycles. The fraction of sp³-hybridized carbons (Fsp3) is 0.133. The lowest BCUT2D eigenvalue weighted by Gasteiger charge is -2.13. The fourth-order valence-electron chi connectivity index (χ4n) is 2.46. The molecule has 4 nitrogen and oxygen atoms in total. The molecule has 0 saturated carbocycles. The van der Waals surface area contributed by atoms with Gasteiger partial charge in [0.05, 0.1) is 11.1 Å². The van der Waals surface area contributed by atoms with Gasteiger partial charge in [0.2, 0.25) is 5.78 Å². The molecule has 1 aromatic heterocycles. The van der Waals surface area contributed by atoms with Crippen molar-refractivity contribution < 1.29 is 18.8 Å². The Morgan fingerprint density at radius 1 is 1.10 bits per heavy atom. The molecule has 0 bridgehead atoms. The van der Waals surface area contributed by atoms with Crippen LogP contribution < -0.4 is 0 Å². The SMILES string of the molecule is Cc1oc2c(c1C(=O)C(Br)Br)C(=O)c1ccccc1C2=O. The Morgan fingerprint density at radius 3 is 2.24 bits per heavy atom. The van der Waals surface area contributed by atoms with E-state index in [9.17, 15) is 14.4 Å². The number of ketones is 3. The number of benzene rings is 1. The van der Waals surface area contributed by atoms with E-state index in [1.54, 1.807) is 31.2 Å². The van der Waals surface area contributed by atoms with Crippen molar-refractivity contribution in [2.24, 2.45) is 0 Å². The van der Waals surface area contributed by atoms with E-state index in [4.69, 9.17) is 4.42 Å². The molecule has 0 unspecified atom stereocenters. The topological polar surface area (TPSA) is 64.3 Å². The minimum atomic E-state index is -0.648. The second-order valence-electron chi connectivity index (χ2n) is 4.61. The maximum Gasteiger partial charge on any atom is 0.229 e. The highest BCUT2D eigenvalue weighted by Crippen LogP contribution is 2.34. The van der Waals surface area contributed by atoms with Crippen LogP contribution in [-0.4, -0.2) is 21.1 Å². The number of hydrogen-bond donors (Lipinski definition) is 0. The van der Waals surface area contributed by atoms with E-state index >= 15 is 0 Å². The lowest BCUT2D eigenvalue weighted by molar-refractivity contribution is 0.0956. The molecule has 6 heteroatoms. The third-order valence-corrected chi connectivity index (χ3v) is 4.21. The van der Waals surface area contributed by atoms with Crippen LogP contribution in [0.25, 0.3) is 0 Å². The number of hydrogen-bond acceptors (Lipinski definition) is 4. The highest BCUT2D eigenvalue weighted by molar-refractivity contribution is 9.25. The van der Waals surface area contributed by atoms with Gasteiger partial charge in [-0.3, -0.25) is 14.4 Å². The van der Waals surface area contributed by atoms with E-state index in [0.717, 1.165) is 0 Å². The number of Topliss-reactive ketones (excluding diaryl/α,β-unsaturated/α-hetero) is 1. The minimum Gasteiger partial charge on any atom is -0.456 e. The minimum absolute atomic E-state index is 0.0554. The van der Waals surface area contributed by atoms with Crippen molar-refractivity contribution in [1.29, 1.82) is 0 Å². The Hall–Kier alpha value is -1.53. The summed E-state index contributed by atoms with van der Waals surface area (Å²) < 4.78 is 4.77. The molecule has 0 radical (unpaired) electrons. The monoisotopic (exact) mass is 410 g/mol. The summed E-state index contributed by atoms with van der Waals surface area (Å²) in [7, 11) is 0. The summed E-state index contributed by atoms with van der Waals surface area (Å²) in [5.74, 6) is -0.870. The highest BCUT2D eigenvalue weighted by Gasteiger charge is 2.38. The van der Waals surface area contributed by atoms with Gasteiger partial charge in [-0.2, -0.15) is 0 Å². The molecule has 0 saturated heterocycles. The molecule has 21 heavy (non-hydrogen) atoms. The number of halogens is 2. The second-order valence-corrected chi connectivity index (χ2v) is 7.67. The summed E-state index contributed by atoms with van der Waals surface area (Å²) in [5.41, 5.74) is 0.809. The van der Waals surface area contributed by atoms with Gasteiger partial charge in [-0.05, 0) is 6.92 Å². The smallest absolute Gasteiger partial charge is 0.229 e. The summed E-state index contributed by atoms with van der Waals surface area (Å²) in [6.07, 6.45) is 0. The zero-order valence-electron chi connectivity index (χ0n) is 10.8. The van der Waals surface area contributed by atoms with Crippen LogP contribution >= 0.6 is 31.9 Å². The van der Waals surface area contributed by atoms with E-state index in [0.29, 0.717) is 11.1 Å². The van der Waals surface area contributed by atoms with Gasteiger partial charge in [0.25, 0.3) is 0 Å². The first-order chi connectivity index (χ1) is 9.93. The average Bonchev–Trinajstić information content (AvgIpc) is 2.81. The van der Waals surface area contributed by atoms with Crippen molar-refractivity contribution in [3.05, 3.63) is 58.0 Å². The number of rotatable bonds is 2. The zero-order chi connectivity index (χ0) is 15.3. The summed E-state index contributed by atoms with van der Waals surface area (Å²) >= 11 is 6.24. The fourth-order valence-corrected chi connectivity index (χ4v) is 2.92. The summed E-state index contributed by atoms with van der Waals surface area (Å²) in [6.45, 7) is 1.57. The van der Waals surface area contributed by atoms with Gasteiger partial charge >= 0.3 is 0 Å². The molecule has 0 fully saturated rings. The number of carbonyl (C=O) groups is 3. The second kappa shape index (κ2) is 5.03. The Kier molecular flexibility index (Phi) is 3.45. The molecule has 0 aliphatic heterocycles. The Labute approximate surface area is 136 Å². The Balaban J connectivity index is 2.30. The number of aryl methyl sites for hydroxylation is 1. The Bertz CT molecular complexity index is 802. The number of alkyl halides is 2. The molecule has 1 heterocycles. The molecule has 1 aromatic carbocycles. The quantitative estimate of drug-likeness (QED) is 0.476. The molecule has 2 aromatic rings. The summed E-state index contributed by atoms with van der Waals surface area (Å²) in [5, 5.41) is 0. The molecular weight excluding hydrogens is 404 g/mol. The van der Waals surface area contributed by atoms with Gasteiger partial charge in [0, 0.05) is 11.1 Å². The van der Waals surface area contributed by atoms with Gasteiger partial charge in [-0.25, -0.2) is 0 Å². The predicted octanol–water partition coefficient (Wildman–Crippen LogP) is 3.66. The van der Waals surface area contributed by atoms with Crippen LogP contribution in [0.5, 0.6) is 0 Å². The van der Waals surface area contributed by atoms with Crippen molar-refractivity contribution >= 4 is 49.2 Å². The zero-order valence-corrected chi connectivity index (χ0v) is 13.9. The molecule has 1 aliphatic rings. The van der Waals surface area contributed by atoms with Gasteiger partial charge in [0.1, 0.15) is 9.50 Å². The normalized spacial score (nSPS) is 13.3. The van der Waals surface area contributed by atoms with E-state index in [1.165, 1.54) is 0 Å². The molecule has 0 N–H and O–H groups in total. The lowest BCUT2D eigenvalue weighted by atomic mass is 9.86. The molecule has 106 valence electrons. The Morgan fingerprint density at radius 2 is 1.67 bits per heavy atom. The third kappa shape index (κ3) is 2.05. The van der Waals surface area contributed by atoms with E-state index in [-0.39, 0.29) is 40.0 Å². The van der Waals surface area contributed by atoms with Crippen molar-refractivity contribution in [1.82, 2.24) is 0 Å². The van der Waals surface area contributed by atoms with Crippen LogP contribution in [0.3, 0.4) is 0 Å². The number of fused-ring (bicyclic) bond motifs is 2. The number of carbonyl (C=O) groups excluding carboxylic acids is 3. The third-order valence-electron chi connectivity index (χ3n) is 3.38. The van der Waals surface area contributed by atoms with E-state index < -0.39 is 3.74 Å². The van der Waals surface area contributed by atoms with Crippen LogP contribution in [0.1, 0.15) is 48.2 Å².